The van der Waals surface area contributed by atoms with E-state index >= 15 is 0 Å². The van der Waals surface area contributed by atoms with E-state index in [4.69, 9.17) is 24.7 Å². The molecule has 23 nitrogen and oxygen atoms in total. The topological polar surface area (TPSA) is 347 Å². The number of hydrogen-bond donors (Lipinski definition) is 10. The number of carbonyl (C=O) groups is 6. The van der Waals surface area contributed by atoms with E-state index in [-0.39, 0.29) is 93.9 Å². The van der Waals surface area contributed by atoms with Crippen LogP contribution in [0.5, 0.6) is 5.75 Å². The second kappa shape index (κ2) is 25.3. The minimum atomic E-state index is -1.81. The number of aliphatic hydroxyl groups excluding tert-OH is 7. The van der Waals surface area contributed by atoms with Crippen LogP contribution in [0.25, 0.3) is 5.73 Å². The van der Waals surface area contributed by atoms with Gasteiger partial charge in [0.2, 0.25) is 29.9 Å². The monoisotopic (exact) mass is 974 g/mol. The SMILES string of the molecule is CC.CC.CCC1(C)CC(=O)N(CCC(=O)NCCC(=O)Nc2cc(COC(=O)NC3C(=O)N3C3C(CO)OC([NH-])C(O)C3O)ccc2OC2OC(CO)C(O)C(O)C2O)C1=O.[Y]. The van der Waals surface area contributed by atoms with Crippen molar-refractivity contribution in [3.63, 3.8) is 0 Å². The van der Waals surface area contributed by atoms with E-state index in [0.29, 0.717) is 6.42 Å². The fraction of sp³-hybridized carbons (Fsp3) is 0.692. The molecule has 63 heavy (non-hydrogen) atoms. The van der Waals surface area contributed by atoms with Gasteiger partial charge in [0.1, 0.15) is 49.0 Å². The van der Waals surface area contributed by atoms with Gasteiger partial charge in [0.25, 0.3) is 5.91 Å². The number of carbonyl (C=O) groups excluding carboxylic acids is 6. The first-order valence-corrected chi connectivity index (χ1v) is 20.5. The van der Waals surface area contributed by atoms with Crippen molar-refractivity contribution >= 4 is 41.3 Å². The van der Waals surface area contributed by atoms with E-state index in [0.717, 1.165) is 9.80 Å². The van der Waals surface area contributed by atoms with E-state index in [1.54, 1.807) is 13.8 Å². The summed E-state index contributed by atoms with van der Waals surface area (Å²) in [6.45, 7) is 9.32. The molecule has 4 fully saturated rings. The van der Waals surface area contributed by atoms with Crippen molar-refractivity contribution in [2.24, 2.45) is 5.41 Å². The number of imide groups is 1. The van der Waals surface area contributed by atoms with Crippen LogP contribution in [0.15, 0.2) is 18.2 Å². The smallest absolute Gasteiger partial charge is 0.409 e. The molecule has 0 spiro atoms. The zero-order valence-corrected chi connectivity index (χ0v) is 39.0. The van der Waals surface area contributed by atoms with Crippen molar-refractivity contribution in [3.8, 4) is 5.75 Å². The Morgan fingerprint density at radius 3 is 2.14 bits per heavy atom. The summed E-state index contributed by atoms with van der Waals surface area (Å²) in [5.41, 5.74) is 7.03. The molecule has 6 amide bonds. The van der Waals surface area contributed by atoms with Crippen molar-refractivity contribution in [3.05, 3.63) is 29.5 Å². The first-order valence-electron chi connectivity index (χ1n) is 20.5. The molecule has 12 atom stereocenters. The van der Waals surface area contributed by atoms with Gasteiger partial charge in [0.05, 0.1) is 36.5 Å². The van der Waals surface area contributed by atoms with E-state index in [1.807, 2.05) is 27.7 Å². The second-order valence-electron chi connectivity index (χ2n) is 14.6. The van der Waals surface area contributed by atoms with Crippen molar-refractivity contribution in [1.82, 2.24) is 20.4 Å². The van der Waals surface area contributed by atoms with Crippen LogP contribution in [0.4, 0.5) is 10.5 Å². The number of nitrogens with zero attached hydrogens (tertiary/aromatic N) is 2. The molecule has 24 heteroatoms. The number of likely N-dealkylation sites (tertiary alicyclic amines) is 1. The van der Waals surface area contributed by atoms with Crippen LogP contribution in [-0.4, -0.2) is 175 Å². The summed E-state index contributed by atoms with van der Waals surface area (Å²) >= 11 is 0. The molecule has 4 aliphatic rings. The zero-order chi connectivity index (χ0) is 46.6. The number of hydrogen-bond acceptors (Lipinski definition) is 17. The first kappa shape index (κ1) is 55.7. The fourth-order valence-electron chi connectivity index (χ4n) is 6.82. The van der Waals surface area contributed by atoms with Gasteiger partial charge in [0.15, 0.2) is 6.17 Å². The van der Waals surface area contributed by atoms with E-state index in [2.05, 4.69) is 16.0 Å². The molecule has 4 saturated heterocycles. The van der Waals surface area contributed by atoms with E-state index < -0.39 is 117 Å². The van der Waals surface area contributed by atoms with Crippen LogP contribution in [-0.2, 0) is 77.5 Å². The van der Waals surface area contributed by atoms with Gasteiger partial charge in [0, 0.05) is 65.1 Å². The average molecular weight is 975 g/mol. The van der Waals surface area contributed by atoms with Crippen molar-refractivity contribution in [1.29, 1.82) is 0 Å². The molecule has 1 aromatic carbocycles. The molecular formula is C39H61N6O17Y-. The maximum absolute atomic E-state index is 13.1. The minimum absolute atomic E-state index is 0. The third kappa shape index (κ3) is 13.5. The van der Waals surface area contributed by atoms with E-state index in [1.165, 1.54) is 18.2 Å². The molecule has 0 aromatic heterocycles. The van der Waals surface area contributed by atoms with Gasteiger partial charge in [-0.25, -0.2) is 4.79 Å². The van der Waals surface area contributed by atoms with Gasteiger partial charge < -0.3 is 76.0 Å². The summed E-state index contributed by atoms with van der Waals surface area (Å²) in [5, 5.41) is 78.0. The third-order valence-electron chi connectivity index (χ3n) is 10.6. The summed E-state index contributed by atoms with van der Waals surface area (Å²) < 4.78 is 21.6. The van der Waals surface area contributed by atoms with Gasteiger partial charge in [-0.1, -0.05) is 47.6 Å². The number of benzene rings is 1. The Morgan fingerprint density at radius 1 is 0.889 bits per heavy atom. The Labute approximate surface area is 389 Å². The molecule has 12 unspecified atom stereocenters. The average Bonchev–Trinajstić information content (AvgIpc) is 3.81. The number of amides is 6. The number of nitrogens with one attached hydrogen (secondary N) is 4. The molecule has 4 heterocycles. The van der Waals surface area contributed by atoms with Crippen LogP contribution in [0.3, 0.4) is 0 Å². The summed E-state index contributed by atoms with van der Waals surface area (Å²) in [4.78, 5) is 77.8. The Kier molecular flexibility index (Phi) is 22.4. The molecule has 0 aliphatic carbocycles. The molecular weight excluding hydrogens is 913 g/mol. The van der Waals surface area contributed by atoms with Gasteiger partial charge in [-0.15, -0.1) is 0 Å². The van der Waals surface area contributed by atoms with Crippen molar-refractivity contribution in [2.75, 3.05) is 31.6 Å². The molecule has 1 aromatic rings. The van der Waals surface area contributed by atoms with Crippen molar-refractivity contribution in [2.45, 2.75) is 141 Å². The maximum Gasteiger partial charge on any atom is 0.409 e. The Hall–Kier alpha value is -3.46. The van der Waals surface area contributed by atoms with E-state index in [9.17, 15) is 64.5 Å². The van der Waals surface area contributed by atoms with Gasteiger partial charge in [-0.2, -0.15) is 0 Å². The van der Waals surface area contributed by atoms with Gasteiger partial charge >= 0.3 is 6.09 Å². The van der Waals surface area contributed by atoms with Crippen LogP contribution < -0.4 is 20.7 Å². The molecule has 0 bridgehead atoms. The number of ether oxygens (including phenoxy) is 4. The van der Waals surface area contributed by atoms with Crippen LogP contribution in [0.1, 0.15) is 72.8 Å². The Balaban J connectivity index is 0.00000265. The quantitative estimate of drug-likeness (QED) is 0.0644. The Bertz CT molecular complexity index is 1730. The number of rotatable bonds is 16. The largest absolute Gasteiger partial charge is 0.649 e. The Morgan fingerprint density at radius 2 is 1.54 bits per heavy atom. The number of aliphatic hydroxyl groups is 7. The zero-order valence-electron chi connectivity index (χ0n) is 36.1. The third-order valence-corrected chi connectivity index (χ3v) is 10.6. The van der Waals surface area contributed by atoms with Gasteiger partial charge in [-0.05, 0) is 30.3 Å². The molecule has 0 saturated carbocycles. The predicted octanol–water partition coefficient (Wildman–Crippen LogP) is -1.82. The van der Waals surface area contributed by atoms with Crippen LogP contribution >= 0.6 is 0 Å². The fourth-order valence-corrected chi connectivity index (χ4v) is 6.82. The second-order valence-corrected chi connectivity index (χ2v) is 14.6. The summed E-state index contributed by atoms with van der Waals surface area (Å²) in [5.74, 6) is -2.73. The van der Waals surface area contributed by atoms with Crippen molar-refractivity contribution < 1.29 is 116 Å². The first-order chi connectivity index (χ1) is 29.4. The number of alkyl carbamates (subject to hydrolysis) is 1. The molecule has 353 valence electrons. The van der Waals surface area contributed by atoms with Crippen LogP contribution in [0.2, 0.25) is 0 Å². The standard InChI is InChI=1S/C35H49N6O17.2C2H6.Y/c1-3-35(2)11-22(46)40(33(35)53)9-7-20(44)37-8-6-21(45)38-16-10-15(4-5-17(16)57-32-28(51)26(49)24(47)19(13-43)58-32)14-55-34(54)39-30-31(52)41(30)23-18(12-42)56-29(36)27(50)25(23)48;2*1-2;/h4-5,10,18-19,23-30,32,36,42-43,47-51H,3,6-9,11-14H2,1-2H3,(H,37,44)(H,38,45)(H,39,54);2*1-2H3;/q-1;;;. The summed E-state index contributed by atoms with van der Waals surface area (Å²) in [6.07, 6.45) is -16.7. The molecule has 1 radical (unpaired) electrons. The molecule has 5 rings (SSSR count). The molecule has 11 N–H and O–H groups in total. The normalized spacial score (nSPS) is 31.0. The predicted molar refractivity (Wildman–Crippen MR) is 214 cm³/mol. The summed E-state index contributed by atoms with van der Waals surface area (Å²) in [6, 6.07) is 2.71. The summed E-state index contributed by atoms with van der Waals surface area (Å²) in [7, 11) is 0. The molecule has 4 aliphatic heterocycles. The number of anilines is 1. The van der Waals surface area contributed by atoms with Crippen LogP contribution in [0, 0.1) is 5.41 Å². The van der Waals surface area contributed by atoms with Gasteiger partial charge in [-0.3, -0.25) is 34.2 Å². The minimum Gasteiger partial charge on any atom is -0.649 e. The maximum atomic E-state index is 13.1.